The summed E-state index contributed by atoms with van der Waals surface area (Å²) in [5.41, 5.74) is 1.06. The van der Waals surface area contributed by atoms with E-state index in [1.165, 1.54) is 44.2 Å². The summed E-state index contributed by atoms with van der Waals surface area (Å²) in [6.07, 6.45) is 10.9. The molecule has 0 aliphatic heterocycles. The van der Waals surface area contributed by atoms with E-state index in [1.807, 2.05) is 0 Å². The molecule has 0 N–H and O–H groups in total. The van der Waals surface area contributed by atoms with Crippen molar-refractivity contribution in [2.75, 3.05) is 0 Å². The third-order valence-corrected chi connectivity index (χ3v) is 7.06. The highest BCUT2D eigenvalue weighted by atomic mass is 19.2. The topological polar surface area (TPSA) is 0 Å². The summed E-state index contributed by atoms with van der Waals surface area (Å²) in [6.45, 7) is 7.08. The highest BCUT2D eigenvalue weighted by molar-refractivity contribution is 5.23. The third-order valence-electron chi connectivity index (χ3n) is 7.06. The SMILES string of the molecule is CC(C)(C)C1CCC(CC2CCC(c3cc(F)c(F)c(F)c3)CC2)CC1. The van der Waals surface area contributed by atoms with Gasteiger partial charge in [0, 0.05) is 0 Å². The molecule has 0 amide bonds. The summed E-state index contributed by atoms with van der Waals surface area (Å²) in [6, 6.07) is 2.38. The first-order valence-corrected chi connectivity index (χ1v) is 10.4. The van der Waals surface area contributed by atoms with Crippen LogP contribution in [0.3, 0.4) is 0 Å². The first-order chi connectivity index (χ1) is 12.2. The van der Waals surface area contributed by atoms with E-state index >= 15 is 0 Å². The van der Waals surface area contributed by atoms with E-state index in [2.05, 4.69) is 20.8 Å². The van der Waals surface area contributed by atoms with Gasteiger partial charge < -0.3 is 0 Å². The molecule has 2 fully saturated rings. The molecule has 26 heavy (non-hydrogen) atoms. The highest BCUT2D eigenvalue weighted by Crippen LogP contribution is 2.44. The Balaban J connectivity index is 1.48. The predicted octanol–water partition coefficient (Wildman–Crippen LogP) is 7.62. The predicted molar refractivity (Wildman–Crippen MR) is 101 cm³/mol. The van der Waals surface area contributed by atoms with Crippen LogP contribution in [0.25, 0.3) is 0 Å². The van der Waals surface area contributed by atoms with Crippen LogP contribution in [0.5, 0.6) is 0 Å². The Bertz CT molecular complexity index is 577. The molecule has 1 aromatic carbocycles. The molecule has 0 heterocycles. The minimum Gasteiger partial charge on any atom is -0.204 e. The van der Waals surface area contributed by atoms with Crippen LogP contribution in [0.1, 0.15) is 90.0 Å². The summed E-state index contributed by atoms with van der Waals surface area (Å²) in [5.74, 6) is -0.831. The Hall–Kier alpha value is -0.990. The third kappa shape index (κ3) is 4.64. The molecule has 146 valence electrons. The zero-order chi connectivity index (χ0) is 18.9. The van der Waals surface area contributed by atoms with Crippen molar-refractivity contribution in [2.24, 2.45) is 23.2 Å². The quantitative estimate of drug-likeness (QED) is 0.483. The second-order valence-electron chi connectivity index (χ2n) is 9.84. The van der Waals surface area contributed by atoms with Gasteiger partial charge in [-0.3, -0.25) is 0 Å². The first kappa shape index (κ1) is 19.8. The van der Waals surface area contributed by atoms with Gasteiger partial charge in [-0.15, -0.1) is 0 Å². The lowest BCUT2D eigenvalue weighted by atomic mass is 9.67. The molecule has 1 aromatic rings. The molecule has 2 aliphatic carbocycles. The molecule has 0 radical (unpaired) electrons. The van der Waals surface area contributed by atoms with E-state index in [4.69, 9.17) is 0 Å². The summed E-state index contributed by atoms with van der Waals surface area (Å²) in [4.78, 5) is 0. The largest absolute Gasteiger partial charge is 0.204 e. The van der Waals surface area contributed by atoms with E-state index < -0.39 is 17.5 Å². The minimum atomic E-state index is -1.35. The fraction of sp³-hybridized carbons (Fsp3) is 0.739. The van der Waals surface area contributed by atoms with Crippen molar-refractivity contribution in [3.05, 3.63) is 35.1 Å². The molecule has 3 heteroatoms. The fourth-order valence-corrected chi connectivity index (χ4v) is 5.28. The van der Waals surface area contributed by atoms with Gasteiger partial charge in [-0.2, -0.15) is 0 Å². The van der Waals surface area contributed by atoms with E-state index in [-0.39, 0.29) is 5.92 Å². The summed E-state index contributed by atoms with van der Waals surface area (Å²) >= 11 is 0. The Kier molecular flexibility index (Phi) is 6.04. The Labute approximate surface area is 156 Å². The van der Waals surface area contributed by atoms with Crippen LogP contribution in [-0.2, 0) is 0 Å². The first-order valence-electron chi connectivity index (χ1n) is 10.4. The van der Waals surface area contributed by atoms with Gasteiger partial charge in [-0.1, -0.05) is 33.6 Å². The standard InChI is InChI=1S/C23H33F3/c1-23(2,3)19-10-6-16(7-11-19)12-15-4-8-17(9-5-15)18-13-20(24)22(26)21(25)14-18/h13-17,19H,4-12H2,1-3H3. The molecule has 2 saturated carbocycles. The molecule has 3 rings (SSSR count). The van der Waals surface area contributed by atoms with Gasteiger partial charge >= 0.3 is 0 Å². The average molecular weight is 367 g/mol. The van der Waals surface area contributed by atoms with Crippen LogP contribution in [0, 0.1) is 40.6 Å². The van der Waals surface area contributed by atoms with Crippen LogP contribution < -0.4 is 0 Å². The number of benzene rings is 1. The zero-order valence-corrected chi connectivity index (χ0v) is 16.5. The maximum absolute atomic E-state index is 13.5. The molecule has 0 saturated heterocycles. The second kappa shape index (κ2) is 7.94. The number of hydrogen-bond donors (Lipinski definition) is 0. The molecule has 0 unspecified atom stereocenters. The van der Waals surface area contributed by atoms with Crippen molar-refractivity contribution < 1.29 is 13.2 Å². The van der Waals surface area contributed by atoms with Gasteiger partial charge in [0.1, 0.15) is 0 Å². The number of hydrogen-bond acceptors (Lipinski definition) is 0. The van der Waals surface area contributed by atoms with Gasteiger partial charge in [0.15, 0.2) is 17.5 Å². The van der Waals surface area contributed by atoms with Crippen molar-refractivity contribution in [1.82, 2.24) is 0 Å². The summed E-state index contributed by atoms with van der Waals surface area (Å²) < 4.78 is 40.1. The van der Waals surface area contributed by atoms with Crippen LogP contribution in [0.4, 0.5) is 13.2 Å². The van der Waals surface area contributed by atoms with Crippen LogP contribution in [-0.4, -0.2) is 0 Å². The van der Waals surface area contributed by atoms with E-state index in [9.17, 15) is 13.2 Å². The van der Waals surface area contributed by atoms with Gasteiger partial charge in [0.2, 0.25) is 0 Å². The molecular formula is C23H33F3. The summed E-state index contributed by atoms with van der Waals surface area (Å²) in [7, 11) is 0. The zero-order valence-electron chi connectivity index (χ0n) is 16.5. The molecule has 0 aromatic heterocycles. The maximum atomic E-state index is 13.5. The van der Waals surface area contributed by atoms with Crippen molar-refractivity contribution >= 4 is 0 Å². The molecule has 0 spiro atoms. The molecular weight excluding hydrogens is 333 g/mol. The highest BCUT2D eigenvalue weighted by Gasteiger charge is 2.32. The monoisotopic (exact) mass is 366 g/mol. The smallest absolute Gasteiger partial charge is 0.194 e. The molecule has 2 aliphatic rings. The Morgan fingerprint density at radius 3 is 1.69 bits per heavy atom. The van der Waals surface area contributed by atoms with Crippen molar-refractivity contribution in [3.8, 4) is 0 Å². The van der Waals surface area contributed by atoms with Crippen LogP contribution in [0.15, 0.2) is 12.1 Å². The lowest BCUT2D eigenvalue weighted by Gasteiger charge is -2.38. The maximum Gasteiger partial charge on any atom is 0.194 e. The van der Waals surface area contributed by atoms with Crippen molar-refractivity contribution in [1.29, 1.82) is 0 Å². The van der Waals surface area contributed by atoms with Crippen molar-refractivity contribution in [3.63, 3.8) is 0 Å². The van der Waals surface area contributed by atoms with Crippen molar-refractivity contribution in [2.45, 2.75) is 84.5 Å². The lowest BCUT2D eigenvalue weighted by molar-refractivity contribution is 0.132. The van der Waals surface area contributed by atoms with Crippen LogP contribution >= 0.6 is 0 Å². The molecule has 0 nitrogen and oxygen atoms in total. The van der Waals surface area contributed by atoms with Gasteiger partial charge in [-0.25, -0.2) is 13.2 Å². The lowest BCUT2D eigenvalue weighted by Crippen LogP contribution is -2.27. The van der Waals surface area contributed by atoms with E-state index in [1.54, 1.807) is 0 Å². The van der Waals surface area contributed by atoms with Gasteiger partial charge in [0.05, 0.1) is 0 Å². The van der Waals surface area contributed by atoms with E-state index in [0.29, 0.717) is 11.0 Å². The van der Waals surface area contributed by atoms with Gasteiger partial charge in [0.25, 0.3) is 0 Å². The van der Waals surface area contributed by atoms with Gasteiger partial charge in [-0.05, 0) is 91.7 Å². The van der Waals surface area contributed by atoms with Crippen LogP contribution in [0.2, 0.25) is 0 Å². The molecule has 0 bridgehead atoms. The minimum absolute atomic E-state index is 0.174. The molecule has 0 atom stereocenters. The average Bonchev–Trinajstić information content (AvgIpc) is 2.59. The second-order valence-corrected chi connectivity index (χ2v) is 9.84. The summed E-state index contributed by atoms with van der Waals surface area (Å²) in [5, 5.41) is 0. The Morgan fingerprint density at radius 2 is 1.23 bits per heavy atom. The number of rotatable bonds is 3. The van der Waals surface area contributed by atoms with E-state index in [0.717, 1.165) is 43.4 Å². The number of halogens is 3. The fourth-order valence-electron chi connectivity index (χ4n) is 5.28. The normalized spacial score (nSPS) is 30.4. The Morgan fingerprint density at radius 1 is 0.769 bits per heavy atom.